The maximum absolute atomic E-state index is 11.4. The summed E-state index contributed by atoms with van der Waals surface area (Å²) < 4.78 is 11.1. The number of hydrogen-bond acceptors (Lipinski definition) is 5. The molecule has 0 saturated heterocycles. The lowest BCUT2D eigenvalue weighted by Gasteiger charge is -2.10. The normalized spacial score (nSPS) is 11.0. The number of nitrogens with two attached hydrogens (primary N) is 1. The predicted molar refractivity (Wildman–Crippen MR) is 100 cm³/mol. The Morgan fingerprint density at radius 1 is 1.08 bits per heavy atom. The van der Waals surface area contributed by atoms with Crippen LogP contribution in [0.5, 0.6) is 5.75 Å². The van der Waals surface area contributed by atoms with Crippen LogP contribution in [0.25, 0.3) is 22.0 Å². The van der Waals surface area contributed by atoms with Crippen molar-refractivity contribution in [3.8, 4) is 16.9 Å². The van der Waals surface area contributed by atoms with Gasteiger partial charge in [0.2, 0.25) is 0 Å². The van der Waals surface area contributed by atoms with Crippen LogP contribution in [0.3, 0.4) is 0 Å². The average Bonchev–Trinajstić information content (AvgIpc) is 2.64. The highest BCUT2D eigenvalue weighted by Crippen LogP contribution is 2.28. The third-order valence-electron chi connectivity index (χ3n) is 3.82. The van der Waals surface area contributed by atoms with E-state index in [1.54, 1.807) is 24.5 Å². The molecular formula is C20H21N3O3. The molecule has 2 heterocycles. The van der Waals surface area contributed by atoms with E-state index in [9.17, 15) is 4.79 Å². The van der Waals surface area contributed by atoms with Gasteiger partial charge in [-0.15, -0.1) is 0 Å². The zero-order chi connectivity index (χ0) is 18.5. The number of carbonyl (C=O) groups is 1. The molecule has 1 amide bonds. The minimum absolute atomic E-state index is 0.192. The molecule has 3 aromatic rings. The number of amides is 1. The van der Waals surface area contributed by atoms with Crippen LogP contribution in [0.4, 0.5) is 0 Å². The van der Waals surface area contributed by atoms with Crippen molar-refractivity contribution in [3.63, 3.8) is 0 Å². The molecule has 0 unspecified atom stereocenters. The van der Waals surface area contributed by atoms with Gasteiger partial charge in [0.1, 0.15) is 18.1 Å². The monoisotopic (exact) mass is 351 g/mol. The van der Waals surface area contributed by atoms with E-state index in [1.807, 2.05) is 38.1 Å². The number of rotatable bonds is 7. The smallest absolute Gasteiger partial charge is 0.267 e. The van der Waals surface area contributed by atoms with Gasteiger partial charge in [-0.3, -0.25) is 9.78 Å². The number of pyridine rings is 2. The lowest BCUT2D eigenvalue weighted by molar-refractivity contribution is 0.0553. The molecule has 0 atom stereocenters. The molecule has 0 bridgehead atoms. The Labute approximate surface area is 152 Å². The first-order chi connectivity index (χ1) is 12.5. The van der Waals surface area contributed by atoms with Crippen LogP contribution >= 0.6 is 0 Å². The summed E-state index contributed by atoms with van der Waals surface area (Å²) in [5.74, 6) is 0.210. The lowest BCUT2D eigenvalue weighted by Crippen LogP contribution is -2.12. The molecule has 3 rings (SSSR count). The van der Waals surface area contributed by atoms with Crippen LogP contribution in [0, 0.1) is 0 Å². The van der Waals surface area contributed by atoms with E-state index in [0.717, 1.165) is 22.3 Å². The van der Waals surface area contributed by atoms with Crippen molar-refractivity contribution < 1.29 is 14.3 Å². The van der Waals surface area contributed by atoms with Gasteiger partial charge < -0.3 is 15.2 Å². The zero-order valence-corrected chi connectivity index (χ0v) is 14.8. The Morgan fingerprint density at radius 2 is 1.85 bits per heavy atom. The number of nitrogens with zero attached hydrogens (tertiary/aromatic N) is 2. The molecular weight excluding hydrogens is 330 g/mol. The van der Waals surface area contributed by atoms with Gasteiger partial charge in [-0.1, -0.05) is 12.1 Å². The molecule has 0 spiro atoms. The number of fused-ring (bicyclic) bond motifs is 1. The Hall–Kier alpha value is -2.99. The fourth-order valence-corrected chi connectivity index (χ4v) is 2.57. The summed E-state index contributed by atoms with van der Waals surface area (Å²) >= 11 is 0. The second-order valence-corrected chi connectivity index (χ2v) is 6.11. The van der Waals surface area contributed by atoms with Crippen LogP contribution < -0.4 is 10.5 Å². The largest absolute Gasteiger partial charge is 0.491 e. The van der Waals surface area contributed by atoms with E-state index in [4.69, 9.17) is 15.2 Å². The van der Waals surface area contributed by atoms with Crippen molar-refractivity contribution in [1.29, 1.82) is 0 Å². The molecule has 26 heavy (non-hydrogen) atoms. The molecule has 2 aromatic heterocycles. The Morgan fingerprint density at radius 3 is 2.54 bits per heavy atom. The van der Waals surface area contributed by atoms with Crippen molar-refractivity contribution in [1.82, 2.24) is 9.97 Å². The summed E-state index contributed by atoms with van der Waals surface area (Å²) in [5.41, 5.74) is 8.03. The standard InChI is InChI=1S/C20H21N3O3/c1-13(2)25-9-10-26-16-6-3-14(4-7-16)17-12-22-11-15-5-8-18(20(21)24)23-19(15)17/h3-8,11-13H,9-10H2,1-2H3,(H2,21,24). The quantitative estimate of drug-likeness (QED) is 0.661. The minimum atomic E-state index is -0.554. The third-order valence-corrected chi connectivity index (χ3v) is 3.82. The first-order valence-corrected chi connectivity index (χ1v) is 8.44. The highest BCUT2D eigenvalue weighted by molar-refractivity contribution is 5.97. The molecule has 1 aromatic carbocycles. The maximum Gasteiger partial charge on any atom is 0.267 e. The predicted octanol–water partition coefficient (Wildman–Crippen LogP) is 3.20. The van der Waals surface area contributed by atoms with Gasteiger partial charge in [-0.25, -0.2) is 4.98 Å². The van der Waals surface area contributed by atoms with Crippen LogP contribution in [0.2, 0.25) is 0 Å². The molecule has 0 saturated carbocycles. The van der Waals surface area contributed by atoms with E-state index >= 15 is 0 Å². The highest BCUT2D eigenvalue weighted by atomic mass is 16.5. The van der Waals surface area contributed by atoms with Gasteiger partial charge in [0.05, 0.1) is 18.2 Å². The van der Waals surface area contributed by atoms with Gasteiger partial charge in [-0.2, -0.15) is 0 Å². The van der Waals surface area contributed by atoms with Crippen LogP contribution in [-0.2, 0) is 4.74 Å². The van der Waals surface area contributed by atoms with E-state index in [1.165, 1.54) is 0 Å². The number of primary amides is 1. The molecule has 134 valence electrons. The van der Waals surface area contributed by atoms with Crippen LogP contribution in [0.1, 0.15) is 24.3 Å². The molecule has 0 aliphatic carbocycles. The number of aromatic nitrogens is 2. The summed E-state index contributed by atoms with van der Waals surface area (Å²) in [4.78, 5) is 20.1. The molecule has 0 aliphatic rings. The second kappa shape index (κ2) is 7.93. The van der Waals surface area contributed by atoms with Crippen LogP contribution in [0.15, 0.2) is 48.8 Å². The molecule has 2 N–H and O–H groups in total. The summed E-state index contributed by atoms with van der Waals surface area (Å²) in [7, 11) is 0. The minimum Gasteiger partial charge on any atom is -0.491 e. The third kappa shape index (κ3) is 4.15. The van der Waals surface area contributed by atoms with Gasteiger partial charge in [0, 0.05) is 23.3 Å². The SMILES string of the molecule is CC(C)OCCOc1ccc(-c2cncc3ccc(C(N)=O)nc23)cc1. The topological polar surface area (TPSA) is 87.3 Å². The Bertz CT molecular complexity index is 908. The number of hydrogen-bond donors (Lipinski definition) is 1. The number of ether oxygens (including phenoxy) is 2. The summed E-state index contributed by atoms with van der Waals surface area (Å²) in [6.07, 6.45) is 3.63. The first-order valence-electron chi connectivity index (χ1n) is 8.44. The Kier molecular flexibility index (Phi) is 5.43. The fraction of sp³-hybridized carbons (Fsp3) is 0.250. The molecule has 6 nitrogen and oxygen atoms in total. The van der Waals surface area contributed by atoms with Gasteiger partial charge in [0.15, 0.2) is 0 Å². The molecule has 0 aliphatic heterocycles. The van der Waals surface area contributed by atoms with E-state index < -0.39 is 5.91 Å². The first kappa shape index (κ1) is 17.8. The highest BCUT2D eigenvalue weighted by Gasteiger charge is 2.09. The van der Waals surface area contributed by atoms with Crippen molar-refractivity contribution in [2.24, 2.45) is 5.73 Å². The van der Waals surface area contributed by atoms with Crippen molar-refractivity contribution >= 4 is 16.8 Å². The maximum atomic E-state index is 11.4. The average molecular weight is 351 g/mol. The van der Waals surface area contributed by atoms with E-state index in [-0.39, 0.29) is 11.8 Å². The summed E-state index contributed by atoms with van der Waals surface area (Å²) in [6.45, 7) is 5.03. The van der Waals surface area contributed by atoms with E-state index in [0.29, 0.717) is 18.7 Å². The molecule has 0 radical (unpaired) electrons. The number of carbonyl (C=O) groups excluding carboxylic acids is 1. The fourth-order valence-electron chi connectivity index (χ4n) is 2.57. The summed E-state index contributed by atoms with van der Waals surface area (Å²) in [5, 5.41) is 0.846. The summed E-state index contributed by atoms with van der Waals surface area (Å²) in [6, 6.07) is 11.1. The zero-order valence-electron chi connectivity index (χ0n) is 14.8. The van der Waals surface area contributed by atoms with Crippen molar-refractivity contribution in [2.75, 3.05) is 13.2 Å². The van der Waals surface area contributed by atoms with Crippen LogP contribution in [-0.4, -0.2) is 35.2 Å². The van der Waals surface area contributed by atoms with E-state index in [2.05, 4.69) is 9.97 Å². The Balaban J connectivity index is 1.82. The number of benzene rings is 1. The molecule has 0 fully saturated rings. The van der Waals surface area contributed by atoms with Gasteiger partial charge in [-0.05, 0) is 43.7 Å². The van der Waals surface area contributed by atoms with Gasteiger partial charge >= 0.3 is 0 Å². The second-order valence-electron chi connectivity index (χ2n) is 6.11. The van der Waals surface area contributed by atoms with Gasteiger partial charge in [0.25, 0.3) is 5.91 Å². The lowest BCUT2D eigenvalue weighted by atomic mass is 10.0. The molecule has 6 heteroatoms. The van der Waals surface area contributed by atoms with Crippen molar-refractivity contribution in [3.05, 3.63) is 54.5 Å². The van der Waals surface area contributed by atoms with Crippen molar-refractivity contribution in [2.45, 2.75) is 20.0 Å².